The number of esters is 1. The summed E-state index contributed by atoms with van der Waals surface area (Å²) in [5.74, 6) is -1.72. The highest BCUT2D eigenvalue weighted by atomic mass is 19.1. The Morgan fingerprint density at radius 2 is 1.72 bits per heavy atom. The van der Waals surface area contributed by atoms with E-state index in [9.17, 15) is 18.8 Å². The SMILES string of the molecule is O=C(COC(=O)C1(c2cccc(F)c2)CCCC1)NC(=O)NCc1ccccc1. The molecule has 0 aliphatic heterocycles. The molecule has 0 heterocycles. The highest BCUT2D eigenvalue weighted by Crippen LogP contribution is 2.42. The molecular weight excluding hydrogens is 375 g/mol. The largest absolute Gasteiger partial charge is 0.455 e. The Bertz CT molecular complexity index is 879. The maximum atomic E-state index is 13.6. The number of benzene rings is 2. The molecule has 1 aliphatic carbocycles. The van der Waals surface area contributed by atoms with Crippen LogP contribution in [-0.4, -0.2) is 24.5 Å². The van der Waals surface area contributed by atoms with E-state index >= 15 is 0 Å². The Hall–Kier alpha value is -3.22. The van der Waals surface area contributed by atoms with Gasteiger partial charge in [-0.1, -0.05) is 55.3 Å². The van der Waals surface area contributed by atoms with Gasteiger partial charge < -0.3 is 10.1 Å². The molecule has 2 aromatic carbocycles. The van der Waals surface area contributed by atoms with Gasteiger partial charge in [0, 0.05) is 6.54 Å². The van der Waals surface area contributed by atoms with E-state index in [-0.39, 0.29) is 6.54 Å². The van der Waals surface area contributed by atoms with Crippen molar-refractivity contribution in [2.24, 2.45) is 0 Å². The first-order valence-corrected chi connectivity index (χ1v) is 9.54. The average Bonchev–Trinajstić information content (AvgIpc) is 3.22. The van der Waals surface area contributed by atoms with E-state index in [1.807, 2.05) is 30.3 Å². The molecule has 0 spiro atoms. The first kappa shape index (κ1) is 20.5. The van der Waals surface area contributed by atoms with E-state index in [1.165, 1.54) is 12.1 Å². The zero-order valence-electron chi connectivity index (χ0n) is 15.9. The molecule has 3 rings (SSSR count). The molecule has 6 nitrogen and oxygen atoms in total. The maximum absolute atomic E-state index is 13.6. The first-order valence-electron chi connectivity index (χ1n) is 9.54. The number of carbonyl (C=O) groups is 3. The van der Waals surface area contributed by atoms with Gasteiger partial charge in [0.15, 0.2) is 6.61 Å². The van der Waals surface area contributed by atoms with Gasteiger partial charge in [0.2, 0.25) is 0 Å². The van der Waals surface area contributed by atoms with Crippen LogP contribution in [0.15, 0.2) is 54.6 Å². The molecule has 0 atom stereocenters. The summed E-state index contributed by atoms with van der Waals surface area (Å²) in [4.78, 5) is 36.5. The van der Waals surface area contributed by atoms with Crippen LogP contribution in [0.25, 0.3) is 0 Å². The molecule has 152 valence electrons. The molecular formula is C22H23FN2O4. The number of hydrogen-bond acceptors (Lipinski definition) is 4. The maximum Gasteiger partial charge on any atom is 0.321 e. The fourth-order valence-corrected chi connectivity index (χ4v) is 3.63. The number of rotatable bonds is 6. The third-order valence-electron chi connectivity index (χ3n) is 5.11. The highest BCUT2D eigenvalue weighted by Gasteiger charge is 2.44. The summed E-state index contributed by atoms with van der Waals surface area (Å²) < 4.78 is 18.8. The second-order valence-corrected chi connectivity index (χ2v) is 7.09. The van der Waals surface area contributed by atoms with Crippen molar-refractivity contribution < 1.29 is 23.5 Å². The van der Waals surface area contributed by atoms with Crippen LogP contribution in [0, 0.1) is 5.82 Å². The van der Waals surface area contributed by atoms with Crippen molar-refractivity contribution >= 4 is 17.9 Å². The van der Waals surface area contributed by atoms with Crippen LogP contribution in [0.5, 0.6) is 0 Å². The number of imide groups is 1. The first-order chi connectivity index (χ1) is 14.0. The summed E-state index contributed by atoms with van der Waals surface area (Å²) in [5.41, 5.74) is 0.499. The topological polar surface area (TPSA) is 84.5 Å². The van der Waals surface area contributed by atoms with Gasteiger partial charge in [-0.3, -0.25) is 14.9 Å². The van der Waals surface area contributed by atoms with Gasteiger partial charge in [0.05, 0.1) is 5.41 Å². The van der Waals surface area contributed by atoms with Gasteiger partial charge in [-0.05, 0) is 36.1 Å². The number of hydrogen-bond donors (Lipinski definition) is 2. The number of amides is 3. The predicted octanol–water partition coefficient (Wildman–Crippen LogP) is 3.21. The number of ether oxygens (including phenoxy) is 1. The van der Waals surface area contributed by atoms with Gasteiger partial charge in [0.1, 0.15) is 5.82 Å². The third-order valence-corrected chi connectivity index (χ3v) is 5.11. The zero-order valence-corrected chi connectivity index (χ0v) is 15.9. The van der Waals surface area contributed by atoms with Crippen molar-refractivity contribution in [2.75, 3.05) is 6.61 Å². The van der Waals surface area contributed by atoms with Gasteiger partial charge in [-0.2, -0.15) is 0 Å². The van der Waals surface area contributed by atoms with Gasteiger partial charge in [0.25, 0.3) is 5.91 Å². The van der Waals surface area contributed by atoms with Crippen LogP contribution in [0.1, 0.15) is 36.8 Å². The number of carbonyl (C=O) groups excluding carboxylic acids is 3. The Labute approximate surface area is 168 Å². The van der Waals surface area contributed by atoms with Crippen LogP contribution >= 0.6 is 0 Å². The Kier molecular flexibility index (Phi) is 6.59. The summed E-state index contributed by atoms with van der Waals surface area (Å²) in [6.07, 6.45) is 2.71. The Balaban J connectivity index is 1.52. The molecule has 2 aromatic rings. The van der Waals surface area contributed by atoms with E-state index in [2.05, 4.69) is 10.6 Å². The molecule has 0 bridgehead atoms. The molecule has 2 N–H and O–H groups in total. The monoisotopic (exact) mass is 398 g/mol. The summed E-state index contributed by atoms with van der Waals surface area (Å²) in [6, 6.07) is 14.5. The molecule has 0 unspecified atom stereocenters. The summed E-state index contributed by atoms with van der Waals surface area (Å²) in [6.45, 7) is -0.308. The average molecular weight is 398 g/mol. The Morgan fingerprint density at radius 3 is 2.41 bits per heavy atom. The Morgan fingerprint density at radius 1 is 1.00 bits per heavy atom. The normalized spacial score (nSPS) is 14.8. The minimum Gasteiger partial charge on any atom is -0.455 e. The van der Waals surface area contributed by atoms with Crippen molar-refractivity contribution in [3.05, 3.63) is 71.5 Å². The fraction of sp³-hybridized carbons (Fsp3) is 0.318. The fourth-order valence-electron chi connectivity index (χ4n) is 3.63. The van der Waals surface area contributed by atoms with Gasteiger partial charge >= 0.3 is 12.0 Å². The lowest BCUT2D eigenvalue weighted by Gasteiger charge is -2.27. The van der Waals surface area contributed by atoms with Crippen molar-refractivity contribution in [3.63, 3.8) is 0 Å². The predicted molar refractivity (Wildman–Crippen MR) is 104 cm³/mol. The summed E-state index contributed by atoms with van der Waals surface area (Å²) >= 11 is 0. The van der Waals surface area contributed by atoms with E-state index in [0.717, 1.165) is 18.4 Å². The molecule has 0 saturated heterocycles. The van der Waals surface area contributed by atoms with Crippen LogP contribution in [0.2, 0.25) is 0 Å². The van der Waals surface area contributed by atoms with Crippen LogP contribution < -0.4 is 10.6 Å². The standard InChI is InChI=1S/C22H23FN2O4/c23-18-10-6-9-17(13-18)22(11-4-5-12-22)20(27)29-15-19(26)25-21(28)24-14-16-7-2-1-3-8-16/h1-3,6-10,13H,4-5,11-12,14-15H2,(H2,24,25,26,28). The second kappa shape index (κ2) is 9.32. The second-order valence-electron chi connectivity index (χ2n) is 7.09. The van der Waals surface area contributed by atoms with Crippen LogP contribution in [0.3, 0.4) is 0 Å². The number of halogens is 1. The zero-order chi connectivity index (χ0) is 20.7. The molecule has 0 aromatic heterocycles. The van der Waals surface area contributed by atoms with E-state index in [1.54, 1.807) is 12.1 Å². The number of nitrogens with one attached hydrogen (secondary N) is 2. The van der Waals surface area contributed by atoms with Crippen molar-refractivity contribution in [2.45, 2.75) is 37.6 Å². The smallest absolute Gasteiger partial charge is 0.321 e. The quantitative estimate of drug-likeness (QED) is 0.732. The van der Waals surface area contributed by atoms with E-state index in [0.29, 0.717) is 18.4 Å². The molecule has 29 heavy (non-hydrogen) atoms. The van der Waals surface area contributed by atoms with E-state index < -0.39 is 35.7 Å². The minimum absolute atomic E-state index is 0.266. The van der Waals surface area contributed by atoms with Crippen molar-refractivity contribution in [1.29, 1.82) is 0 Å². The van der Waals surface area contributed by atoms with Crippen LogP contribution in [-0.2, 0) is 26.3 Å². The molecule has 0 radical (unpaired) electrons. The molecule has 1 aliphatic rings. The molecule has 7 heteroatoms. The molecule has 1 fully saturated rings. The summed E-state index contributed by atoms with van der Waals surface area (Å²) in [5, 5.41) is 4.69. The van der Waals surface area contributed by atoms with Gasteiger partial charge in [-0.15, -0.1) is 0 Å². The van der Waals surface area contributed by atoms with Crippen LogP contribution in [0.4, 0.5) is 9.18 Å². The lowest BCUT2D eigenvalue weighted by atomic mass is 9.79. The van der Waals surface area contributed by atoms with Crippen molar-refractivity contribution in [3.8, 4) is 0 Å². The summed E-state index contributed by atoms with van der Waals surface area (Å²) in [7, 11) is 0. The molecule has 3 amide bonds. The highest BCUT2D eigenvalue weighted by molar-refractivity contribution is 5.96. The van der Waals surface area contributed by atoms with Crippen molar-refractivity contribution in [1.82, 2.24) is 10.6 Å². The van der Waals surface area contributed by atoms with Gasteiger partial charge in [-0.25, -0.2) is 9.18 Å². The molecule has 1 saturated carbocycles. The number of urea groups is 1. The van der Waals surface area contributed by atoms with E-state index in [4.69, 9.17) is 4.74 Å². The minimum atomic E-state index is -0.946. The lowest BCUT2D eigenvalue weighted by Crippen LogP contribution is -2.42. The third kappa shape index (κ3) is 5.19. The lowest BCUT2D eigenvalue weighted by molar-refractivity contribution is -0.154.